The zero-order valence-electron chi connectivity index (χ0n) is 12.0. The average molecular weight is 299 g/mol. The predicted molar refractivity (Wildman–Crippen MR) is 77.4 cm³/mol. The summed E-state index contributed by atoms with van der Waals surface area (Å²) in [5.74, 6) is 0. The van der Waals surface area contributed by atoms with E-state index in [1.807, 2.05) is 31.2 Å². The molecule has 2 aliphatic rings. The standard InChI is InChI=1S/C15H20F3N3/c1-14(19-11-6-2-3-7-12(11)20-14)13-8-4-5-9-21(13)10-15(16,17)18/h2-3,6-7,13,19-20H,4-5,8-10H2,1H3/t13-/m0/s1. The molecule has 0 bridgehead atoms. The molecule has 1 saturated heterocycles. The summed E-state index contributed by atoms with van der Waals surface area (Å²) < 4.78 is 38.4. The highest BCUT2D eigenvalue weighted by molar-refractivity contribution is 5.76. The molecule has 0 spiro atoms. The Morgan fingerprint density at radius 1 is 1.19 bits per heavy atom. The molecule has 2 aliphatic heterocycles. The highest BCUT2D eigenvalue weighted by Gasteiger charge is 2.45. The first kappa shape index (κ1) is 14.5. The Morgan fingerprint density at radius 2 is 1.81 bits per heavy atom. The maximum atomic E-state index is 12.8. The quantitative estimate of drug-likeness (QED) is 0.873. The molecule has 1 fully saturated rings. The molecule has 0 saturated carbocycles. The van der Waals surface area contributed by atoms with Gasteiger partial charge in [-0.2, -0.15) is 13.2 Å². The fraction of sp³-hybridized carbons (Fsp3) is 0.600. The van der Waals surface area contributed by atoms with Crippen LogP contribution in [0.3, 0.4) is 0 Å². The molecular formula is C15H20F3N3. The van der Waals surface area contributed by atoms with E-state index in [9.17, 15) is 13.2 Å². The molecule has 1 atom stereocenters. The monoisotopic (exact) mass is 299 g/mol. The minimum atomic E-state index is -4.16. The van der Waals surface area contributed by atoms with Gasteiger partial charge in [0.05, 0.1) is 24.0 Å². The van der Waals surface area contributed by atoms with Crippen LogP contribution < -0.4 is 10.6 Å². The molecule has 0 radical (unpaired) electrons. The lowest BCUT2D eigenvalue weighted by Crippen LogP contribution is -2.60. The van der Waals surface area contributed by atoms with Gasteiger partial charge in [-0.3, -0.25) is 4.90 Å². The molecule has 0 aromatic heterocycles. The highest BCUT2D eigenvalue weighted by Crippen LogP contribution is 2.39. The van der Waals surface area contributed by atoms with Crippen molar-refractivity contribution in [1.82, 2.24) is 4.90 Å². The van der Waals surface area contributed by atoms with E-state index in [0.29, 0.717) is 6.54 Å². The topological polar surface area (TPSA) is 27.3 Å². The highest BCUT2D eigenvalue weighted by atomic mass is 19.4. The number of anilines is 2. The van der Waals surface area contributed by atoms with Crippen molar-refractivity contribution in [3.8, 4) is 0 Å². The molecule has 21 heavy (non-hydrogen) atoms. The van der Waals surface area contributed by atoms with Gasteiger partial charge < -0.3 is 10.6 Å². The number of hydrogen-bond acceptors (Lipinski definition) is 3. The summed E-state index contributed by atoms with van der Waals surface area (Å²) in [5, 5.41) is 6.75. The Labute approximate surface area is 122 Å². The number of rotatable bonds is 2. The number of alkyl halides is 3. The van der Waals surface area contributed by atoms with Crippen molar-refractivity contribution in [3.63, 3.8) is 0 Å². The summed E-state index contributed by atoms with van der Waals surface area (Å²) in [6.45, 7) is 1.61. The Hall–Kier alpha value is -1.43. The molecule has 0 amide bonds. The summed E-state index contributed by atoms with van der Waals surface area (Å²) in [7, 11) is 0. The van der Waals surface area contributed by atoms with Gasteiger partial charge in [-0.1, -0.05) is 18.6 Å². The summed E-state index contributed by atoms with van der Waals surface area (Å²) in [6, 6.07) is 7.57. The van der Waals surface area contributed by atoms with E-state index in [-0.39, 0.29) is 6.04 Å². The smallest absolute Gasteiger partial charge is 0.360 e. The third-order valence-corrected chi connectivity index (χ3v) is 4.38. The molecule has 3 rings (SSSR count). The lowest BCUT2D eigenvalue weighted by molar-refractivity contribution is -0.155. The van der Waals surface area contributed by atoms with Gasteiger partial charge >= 0.3 is 6.18 Å². The molecule has 1 aromatic rings. The van der Waals surface area contributed by atoms with Gasteiger partial charge in [0.2, 0.25) is 0 Å². The van der Waals surface area contributed by atoms with Crippen molar-refractivity contribution in [1.29, 1.82) is 0 Å². The predicted octanol–water partition coefficient (Wildman–Crippen LogP) is 3.66. The van der Waals surface area contributed by atoms with Crippen molar-refractivity contribution in [2.45, 2.75) is 44.1 Å². The molecular weight excluding hydrogens is 279 g/mol. The van der Waals surface area contributed by atoms with Gasteiger partial charge in [-0.15, -0.1) is 0 Å². The minimum absolute atomic E-state index is 0.180. The maximum absolute atomic E-state index is 12.8. The summed E-state index contributed by atoms with van der Waals surface area (Å²) in [6.07, 6.45) is -1.60. The van der Waals surface area contributed by atoms with Crippen molar-refractivity contribution >= 4 is 11.4 Å². The van der Waals surface area contributed by atoms with Crippen LogP contribution in [-0.4, -0.2) is 35.9 Å². The van der Waals surface area contributed by atoms with Gasteiger partial charge in [0.25, 0.3) is 0 Å². The third-order valence-electron chi connectivity index (χ3n) is 4.38. The lowest BCUT2D eigenvalue weighted by Gasteiger charge is -2.45. The SMILES string of the molecule is CC1([C@@H]2CCCCN2CC(F)(F)F)Nc2ccccc2N1. The van der Waals surface area contributed by atoms with Crippen LogP contribution in [-0.2, 0) is 0 Å². The van der Waals surface area contributed by atoms with Crippen LogP contribution in [0.5, 0.6) is 0 Å². The number of nitrogens with zero attached hydrogens (tertiary/aromatic N) is 1. The molecule has 3 nitrogen and oxygen atoms in total. The number of halogens is 3. The van der Waals surface area contributed by atoms with Crippen LogP contribution in [0.15, 0.2) is 24.3 Å². The molecule has 6 heteroatoms. The largest absolute Gasteiger partial charge is 0.401 e. The van der Waals surface area contributed by atoms with Crippen molar-refractivity contribution in [2.24, 2.45) is 0 Å². The summed E-state index contributed by atoms with van der Waals surface area (Å²) >= 11 is 0. The first-order valence-electron chi connectivity index (χ1n) is 7.34. The Bertz CT molecular complexity index is 490. The Morgan fingerprint density at radius 3 is 2.38 bits per heavy atom. The second-order valence-corrected chi connectivity index (χ2v) is 6.10. The molecule has 2 N–H and O–H groups in total. The zero-order chi connectivity index (χ0) is 15.1. The second kappa shape index (κ2) is 5.09. The third kappa shape index (κ3) is 2.95. The molecule has 2 heterocycles. The molecule has 116 valence electrons. The van der Waals surface area contributed by atoms with Crippen LogP contribution in [0.1, 0.15) is 26.2 Å². The van der Waals surface area contributed by atoms with Crippen molar-refractivity contribution in [3.05, 3.63) is 24.3 Å². The Kier molecular flexibility index (Phi) is 3.51. The fourth-order valence-electron chi connectivity index (χ4n) is 3.52. The van der Waals surface area contributed by atoms with E-state index >= 15 is 0 Å². The number of piperidine rings is 1. The average Bonchev–Trinajstić information content (AvgIpc) is 2.74. The number of hydrogen-bond donors (Lipinski definition) is 2. The molecule has 0 unspecified atom stereocenters. The van der Waals surface area contributed by atoms with Crippen LogP contribution in [0.25, 0.3) is 0 Å². The van der Waals surface area contributed by atoms with Crippen molar-refractivity contribution in [2.75, 3.05) is 23.7 Å². The van der Waals surface area contributed by atoms with Gasteiger partial charge in [-0.25, -0.2) is 0 Å². The van der Waals surface area contributed by atoms with E-state index in [0.717, 1.165) is 30.6 Å². The Balaban J connectivity index is 1.81. The number of benzene rings is 1. The maximum Gasteiger partial charge on any atom is 0.401 e. The van der Waals surface area contributed by atoms with E-state index < -0.39 is 18.4 Å². The van der Waals surface area contributed by atoms with Crippen molar-refractivity contribution < 1.29 is 13.2 Å². The normalized spacial score (nSPS) is 25.0. The summed E-state index contributed by atoms with van der Waals surface area (Å²) in [5.41, 5.74) is 1.35. The fourth-order valence-corrected chi connectivity index (χ4v) is 3.52. The lowest BCUT2D eigenvalue weighted by atomic mass is 9.91. The van der Waals surface area contributed by atoms with Crippen LogP contribution >= 0.6 is 0 Å². The van der Waals surface area contributed by atoms with Gasteiger partial charge in [0.1, 0.15) is 5.66 Å². The van der Waals surface area contributed by atoms with Gasteiger partial charge in [0, 0.05) is 0 Å². The molecule has 1 aromatic carbocycles. The van der Waals surface area contributed by atoms with Crippen LogP contribution in [0, 0.1) is 0 Å². The number of likely N-dealkylation sites (tertiary alicyclic amines) is 1. The van der Waals surface area contributed by atoms with E-state index in [2.05, 4.69) is 10.6 Å². The van der Waals surface area contributed by atoms with E-state index in [1.54, 1.807) is 4.90 Å². The number of fused-ring (bicyclic) bond motifs is 1. The summed E-state index contributed by atoms with van der Waals surface area (Å²) in [4.78, 5) is 1.56. The number of para-hydroxylation sites is 2. The first-order chi connectivity index (χ1) is 9.87. The van der Waals surface area contributed by atoms with E-state index in [1.165, 1.54) is 0 Å². The zero-order valence-corrected chi connectivity index (χ0v) is 12.0. The first-order valence-corrected chi connectivity index (χ1v) is 7.34. The van der Waals surface area contributed by atoms with Crippen LogP contribution in [0.4, 0.5) is 24.5 Å². The second-order valence-electron chi connectivity index (χ2n) is 6.10. The minimum Gasteiger partial charge on any atom is -0.360 e. The molecule has 0 aliphatic carbocycles. The van der Waals surface area contributed by atoms with Crippen LogP contribution in [0.2, 0.25) is 0 Å². The van der Waals surface area contributed by atoms with Gasteiger partial charge in [-0.05, 0) is 38.4 Å². The van der Waals surface area contributed by atoms with Gasteiger partial charge in [0.15, 0.2) is 0 Å². The number of nitrogens with one attached hydrogen (secondary N) is 2. The van der Waals surface area contributed by atoms with E-state index in [4.69, 9.17) is 0 Å².